The summed E-state index contributed by atoms with van der Waals surface area (Å²) in [5.41, 5.74) is 0. The third-order valence-electron chi connectivity index (χ3n) is 0.111. The second kappa shape index (κ2) is 5.72. The first kappa shape index (κ1) is 6.72. The van der Waals surface area contributed by atoms with Crippen molar-refractivity contribution in [2.75, 3.05) is 0 Å². The van der Waals surface area contributed by atoms with E-state index in [2.05, 4.69) is 25.2 Å². The molecule has 0 fully saturated rings. The Morgan fingerprint density at radius 1 is 0.714 bits per heavy atom. The van der Waals surface area contributed by atoms with Crippen LogP contribution < -0.4 is 10.5 Å². The van der Waals surface area contributed by atoms with Gasteiger partial charge in [-0.05, 0) is 15.1 Å². The zero-order valence-corrected chi connectivity index (χ0v) is 2.86. The predicted octanol–water partition coefficient (Wildman–Crippen LogP) is -2.72. The molecule has 44 valence electrons. The molecule has 0 spiro atoms. The van der Waals surface area contributed by atoms with Crippen LogP contribution in [0.2, 0.25) is 0 Å². The fraction of sp³-hybridized carbons (Fsp3) is 0. The zero-order valence-electron chi connectivity index (χ0n) is 2.86. The molecule has 0 aliphatic heterocycles. The second-order valence-electron chi connectivity index (χ2n) is 0.340. The van der Waals surface area contributed by atoms with Crippen molar-refractivity contribution in [3.05, 3.63) is 0 Å². The number of rotatable bonds is 4. The van der Waals surface area contributed by atoms with Gasteiger partial charge in [-0.3, -0.25) is 10.1 Å². The summed E-state index contributed by atoms with van der Waals surface area (Å²) in [4.78, 5) is 0. The largest absolute Gasteiger partial charge is 0.689 e. The van der Waals surface area contributed by atoms with Gasteiger partial charge in [0.15, 0.2) is 0 Å². The molecule has 0 aliphatic rings. The minimum atomic E-state index is 2.53. The molecule has 0 aliphatic carbocycles. The summed E-state index contributed by atoms with van der Waals surface area (Å²) in [5.74, 6) is 0. The Hall–Kier alpha value is -0.280. The fourth-order valence-corrected chi connectivity index (χ4v) is 0.0340. The fourth-order valence-electron chi connectivity index (χ4n) is 0.0340. The quantitative estimate of drug-likeness (QED) is 0.221. The van der Waals surface area contributed by atoms with Crippen molar-refractivity contribution in [3.8, 4) is 0 Å². The highest BCUT2D eigenvalue weighted by Crippen LogP contribution is 1.73. The lowest BCUT2D eigenvalue weighted by molar-refractivity contribution is -0.940. The van der Waals surface area contributed by atoms with Gasteiger partial charge in [0, 0.05) is 0 Å². The number of hydrogen-bond donors (Lipinski definition) is 0. The van der Waals surface area contributed by atoms with Gasteiger partial charge in [0.1, 0.15) is 0 Å². The molecule has 0 bridgehead atoms. The number of hydrogen-bond acceptors (Lipinski definition) is 7. The average Bonchev–Trinajstić information content (AvgIpc) is 1.69. The molecule has 0 aromatic heterocycles. The first-order chi connectivity index (χ1) is 3.41. The van der Waals surface area contributed by atoms with Crippen LogP contribution in [-0.4, -0.2) is 0 Å². The van der Waals surface area contributed by atoms with E-state index >= 15 is 0 Å². The lowest BCUT2D eigenvalue weighted by Gasteiger charge is -2.02. The molecule has 0 aromatic carbocycles. The van der Waals surface area contributed by atoms with E-state index in [0.717, 1.165) is 0 Å². The maximum absolute atomic E-state index is 8.72. The van der Waals surface area contributed by atoms with E-state index in [1.165, 1.54) is 0 Å². The molecule has 0 atom stereocenters. The molecule has 0 radical (unpaired) electrons. The Labute approximate surface area is 37.1 Å². The summed E-state index contributed by atoms with van der Waals surface area (Å²) < 4.78 is 0. The summed E-state index contributed by atoms with van der Waals surface area (Å²) in [5, 5.41) is 31.5. The van der Waals surface area contributed by atoms with E-state index in [0.29, 0.717) is 0 Å². The second-order valence-corrected chi connectivity index (χ2v) is 0.340. The molecule has 7 nitrogen and oxygen atoms in total. The zero-order chi connectivity index (χ0) is 5.54. The Morgan fingerprint density at radius 2 is 1.14 bits per heavy atom. The highest BCUT2D eigenvalue weighted by molar-refractivity contribution is 2.89. The van der Waals surface area contributed by atoms with Crippen LogP contribution in [0.5, 0.6) is 0 Å². The van der Waals surface area contributed by atoms with Crippen molar-refractivity contribution in [1.29, 1.82) is 0 Å². The SMILES string of the molecule is [O-]OOOOO[O-]. The van der Waals surface area contributed by atoms with Crippen LogP contribution in [-0.2, 0) is 25.2 Å². The third kappa shape index (κ3) is 5.72. The van der Waals surface area contributed by atoms with Gasteiger partial charge < -0.3 is 10.5 Å². The molecule has 0 amide bonds. The molecular weight excluding hydrogens is 112 g/mol. The van der Waals surface area contributed by atoms with Gasteiger partial charge in [0.05, 0.1) is 0 Å². The minimum absolute atomic E-state index is 2.53. The van der Waals surface area contributed by atoms with Crippen LogP contribution in [0, 0.1) is 0 Å². The highest BCUT2D eigenvalue weighted by Gasteiger charge is 1.74. The Morgan fingerprint density at radius 3 is 1.43 bits per heavy atom. The van der Waals surface area contributed by atoms with E-state index in [1.54, 1.807) is 0 Å². The summed E-state index contributed by atoms with van der Waals surface area (Å²) >= 11 is 0. The Kier molecular flexibility index (Phi) is 5.49. The van der Waals surface area contributed by atoms with Gasteiger partial charge in [-0.2, -0.15) is 0 Å². The first-order valence-corrected chi connectivity index (χ1v) is 1.00. The van der Waals surface area contributed by atoms with Crippen LogP contribution in [0.15, 0.2) is 0 Å². The van der Waals surface area contributed by atoms with Crippen LogP contribution in [0.3, 0.4) is 0 Å². The summed E-state index contributed by atoms with van der Waals surface area (Å²) in [6.07, 6.45) is 0. The van der Waals surface area contributed by atoms with Gasteiger partial charge in [-0.25, -0.2) is 0 Å². The van der Waals surface area contributed by atoms with Crippen molar-refractivity contribution in [3.63, 3.8) is 0 Å². The molecule has 0 N–H and O–H groups in total. The summed E-state index contributed by atoms with van der Waals surface area (Å²) in [6.45, 7) is 0. The van der Waals surface area contributed by atoms with Gasteiger partial charge in [0.2, 0.25) is 0 Å². The molecule has 7 heteroatoms. The van der Waals surface area contributed by atoms with Crippen molar-refractivity contribution in [2.45, 2.75) is 0 Å². The summed E-state index contributed by atoms with van der Waals surface area (Å²) in [7, 11) is 0. The highest BCUT2D eigenvalue weighted by atomic mass is 17.9. The molecule has 0 saturated carbocycles. The molecule has 0 unspecified atom stereocenters. The smallest absolute Gasteiger partial charge is 0.00624 e. The normalized spacial score (nSPS) is 9.43. The van der Waals surface area contributed by atoms with Gasteiger partial charge in [0.25, 0.3) is 0 Å². The standard InChI is InChI=1S/H2O7/c1-3-5-7-6-4-2/h1-2H/p-2. The molecular formula is O7-2. The topological polar surface area (TPSA) is 92.3 Å². The van der Waals surface area contributed by atoms with Gasteiger partial charge in [-0.15, -0.1) is 0 Å². The Bertz CT molecular complexity index is 19.2. The first-order valence-electron chi connectivity index (χ1n) is 1.00. The van der Waals surface area contributed by atoms with Gasteiger partial charge >= 0.3 is 0 Å². The van der Waals surface area contributed by atoms with Gasteiger partial charge in [-0.1, -0.05) is 0 Å². The molecule has 7 heavy (non-hydrogen) atoms. The minimum Gasteiger partial charge on any atom is -0.689 e. The van der Waals surface area contributed by atoms with E-state index in [9.17, 15) is 0 Å². The van der Waals surface area contributed by atoms with Crippen LogP contribution in [0.4, 0.5) is 0 Å². The van der Waals surface area contributed by atoms with Crippen LogP contribution in [0.25, 0.3) is 0 Å². The molecule has 0 heterocycles. The predicted molar refractivity (Wildman–Crippen MR) is 5.42 cm³/mol. The van der Waals surface area contributed by atoms with Crippen molar-refractivity contribution in [2.24, 2.45) is 0 Å². The van der Waals surface area contributed by atoms with Crippen molar-refractivity contribution in [1.82, 2.24) is 0 Å². The lowest BCUT2D eigenvalue weighted by atomic mass is 14.2. The third-order valence-corrected chi connectivity index (χ3v) is 0.111. The van der Waals surface area contributed by atoms with Crippen molar-refractivity contribution >= 4 is 0 Å². The lowest BCUT2D eigenvalue weighted by Crippen LogP contribution is -2.11. The van der Waals surface area contributed by atoms with Crippen LogP contribution >= 0.6 is 0 Å². The van der Waals surface area contributed by atoms with E-state index in [4.69, 9.17) is 10.5 Å². The van der Waals surface area contributed by atoms with E-state index < -0.39 is 0 Å². The van der Waals surface area contributed by atoms with Crippen LogP contribution in [0.1, 0.15) is 0 Å². The average molecular weight is 112 g/mol. The summed E-state index contributed by atoms with van der Waals surface area (Å²) in [6, 6.07) is 0. The van der Waals surface area contributed by atoms with E-state index in [-0.39, 0.29) is 0 Å². The molecule has 0 rings (SSSR count). The molecule has 0 saturated heterocycles. The van der Waals surface area contributed by atoms with E-state index in [1.807, 2.05) is 0 Å². The molecule has 0 aromatic rings. The Balaban J connectivity index is 2.45. The monoisotopic (exact) mass is 112 g/mol. The van der Waals surface area contributed by atoms with Crippen molar-refractivity contribution < 1.29 is 35.7 Å². The maximum Gasteiger partial charge on any atom is -0.00624 e. The maximum atomic E-state index is 8.72.